The molecule has 0 amide bonds. The summed E-state index contributed by atoms with van der Waals surface area (Å²) in [6, 6.07) is 3.18. The summed E-state index contributed by atoms with van der Waals surface area (Å²) in [4.78, 5) is 12.0. The van der Waals surface area contributed by atoms with Gasteiger partial charge >= 0.3 is 0 Å². The molecule has 1 fully saturated rings. The molecule has 2 atom stereocenters. The lowest BCUT2D eigenvalue weighted by molar-refractivity contribution is -0.0167. The van der Waals surface area contributed by atoms with Crippen molar-refractivity contribution in [3.05, 3.63) is 35.4 Å². The van der Waals surface area contributed by atoms with Crippen molar-refractivity contribution in [2.45, 2.75) is 46.1 Å². The Bertz CT molecular complexity index is 526. The van der Waals surface area contributed by atoms with Crippen molar-refractivity contribution >= 4 is 5.78 Å². The van der Waals surface area contributed by atoms with Crippen molar-refractivity contribution in [1.29, 1.82) is 0 Å². The Morgan fingerprint density at radius 3 is 2.62 bits per heavy atom. The Labute approximate surface area is 124 Å². The summed E-state index contributed by atoms with van der Waals surface area (Å²) >= 11 is 0. The molecule has 1 saturated carbocycles. The number of ether oxygens (including phenoxy) is 1. The van der Waals surface area contributed by atoms with Gasteiger partial charge in [0, 0.05) is 5.56 Å². The Morgan fingerprint density at radius 2 is 2.00 bits per heavy atom. The van der Waals surface area contributed by atoms with Gasteiger partial charge in [-0.2, -0.15) is 0 Å². The maximum Gasteiger partial charge on any atom is 0.188 e. The molecule has 1 aromatic rings. The van der Waals surface area contributed by atoms with Crippen LogP contribution in [0.1, 0.15) is 50.4 Å². The molecule has 1 aromatic carbocycles. The van der Waals surface area contributed by atoms with E-state index in [1.807, 2.05) is 0 Å². The van der Waals surface area contributed by atoms with Crippen LogP contribution in [0, 0.1) is 23.0 Å². The largest absolute Gasteiger partial charge is 0.370 e. The molecule has 0 aliphatic heterocycles. The van der Waals surface area contributed by atoms with Crippen molar-refractivity contribution < 1.29 is 18.3 Å². The number of ketones is 1. The predicted molar refractivity (Wildman–Crippen MR) is 77.2 cm³/mol. The van der Waals surface area contributed by atoms with Gasteiger partial charge in [-0.15, -0.1) is 0 Å². The van der Waals surface area contributed by atoms with E-state index in [2.05, 4.69) is 20.8 Å². The molecule has 116 valence electrons. The van der Waals surface area contributed by atoms with Gasteiger partial charge in [0.1, 0.15) is 6.61 Å². The molecule has 2 rings (SSSR count). The first-order chi connectivity index (χ1) is 9.77. The van der Waals surface area contributed by atoms with E-state index in [1.165, 1.54) is 6.07 Å². The molecular formula is C17H22F2O2. The van der Waals surface area contributed by atoms with Crippen molar-refractivity contribution in [2.75, 3.05) is 6.61 Å². The van der Waals surface area contributed by atoms with E-state index in [1.54, 1.807) is 0 Å². The summed E-state index contributed by atoms with van der Waals surface area (Å²) in [5, 5.41) is 0. The quantitative estimate of drug-likeness (QED) is 0.771. The molecule has 2 nitrogen and oxygen atoms in total. The molecule has 1 aliphatic carbocycles. The topological polar surface area (TPSA) is 26.3 Å². The predicted octanol–water partition coefficient (Wildman–Crippen LogP) is 4.38. The second kappa shape index (κ2) is 6.22. The van der Waals surface area contributed by atoms with Gasteiger partial charge in [0.2, 0.25) is 0 Å². The fourth-order valence-electron chi connectivity index (χ4n) is 3.33. The minimum Gasteiger partial charge on any atom is -0.370 e. The van der Waals surface area contributed by atoms with E-state index in [-0.39, 0.29) is 29.5 Å². The molecule has 1 aliphatic rings. The highest BCUT2D eigenvalue weighted by Gasteiger charge is 2.32. The smallest absolute Gasteiger partial charge is 0.188 e. The fraction of sp³-hybridized carbons (Fsp3) is 0.588. The van der Waals surface area contributed by atoms with Gasteiger partial charge in [-0.05, 0) is 48.8 Å². The van der Waals surface area contributed by atoms with Crippen molar-refractivity contribution in [3.8, 4) is 0 Å². The standard InChI is InChI=1S/C17H22F2O2/c1-11-6-13(9-17(2,3)8-11)21-10-16(20)12-4-5-14(18)15(19)7-12/h4-5,7,11,13H,6,8-10H2,1-3H3. The van der Waals surface area contributed by atoms with Gasteiger partial charge in [0.15, 0.2) is 17.4 Å². The fourth-order valence-corrected chi connectivity index (χ4v) is 3.33. The van der Waals surface area contributed by atoms with E-state index in [0.717, 1.165) is 31.4 Å². The SMILES string of the molecule is CC1CC(OCC(=O)c2ccc(F)c(F)c2)CC(C)(C)C1. The molecule has 4 heteroatoms. The lowest BCUT2D eigenvalue weighted by atomic mass is 9.71. The number of halogens is 2. The maximum absolute atomic E-state index is 13.1. The lowest BCUT2D eigenvalue weighted by Crippen LogP contribution is -2.33. The van der Waals surface area contributed by atoms with Crippen LogP contribution in [0.3, 0.4) is 0 Å². The van der Waals surface area contributed by atoms with E-state index in [0.29, 0.717) is 5.92 Å². The minimum absolute atomic E-state index is 0.0537. The zero-order valence-electron chi connectivity index (χ0n) is 12.8. The molecule has 0 radical (unpaired) electrons. The van der Waals surface area contributed by atoms with Crippen molar-refractivity contribution in [1.82, 2.24) is 0 Å². The average Bonchev–Trinajstić information content (AvgIpc) is 2.37. The molecule has 0 aromatic heterocycles. The highest BCUT2D eigenvalue weighted by Crippen LogP contribution is 2.39. The van der Waals surface area contributed by atoms with Gasteiger partial charge in [-0.3, -0.25) is 4.79 Å². The van der Waals surface area contributed by atoms with Crippen LogP contribution >= 0.6 is 0 Å². The van der Waals surface area contributed by atoms with E-state index < -0.39 is 11.6 Å². The van der Waals surface area contributed by atoms with Gasteiger partial charge < -0.3 is 4.74 Å². The van der Waals surface area contributed by atoms with Gasteiger partial charge in [-0.25, -0.2) is 8.78 Å². The Hall–Kier alpha value is -1.29. The number of hydrogen-bond donors (Lipinski definition) is 0. The van der Waals surface area contributed by atoms with Crippen molar-refractivity contribution in [3.63, 3.8) is 0 Å². The third kappa shape index (κ3) is 4.34. The van der Waals surface area contributed by atoms with Crippen LogP contribution in [0.25, 0.3) is 0 Å². The van der Waals surface area contributed by atoms with Gasteiger partial charge in [-0.1, -0.05) is 20.8 Å². The Morgan fingerprint density at radius 1 is 1.29 bits per heavy atom. The van der Waals surface area contributed by atoms with Crippen LogP contribution in [0.2, 0.25) is 0 Å². The van der Waals surface area contributed by atoms with Crippen LogP contribution < -0.4 is 0 Å². The molecule has 0 heterocycles. The third-order valence-electron chi connectivity index (χ3n) is 4.04. The molecule has 0 spiro atoms. The van der Waals surface area contributed by atoms with Gasteiger partial charge in [0.05, 0.1) is 6.10 Å². The first-order valence-electron chi connectivity index (χ1n) is 7.37. The Balaban J connectivity index is 1.93. The van der Waals surface area contributed by atoms with Crippen molar-refractivity contribution in [2.24, 2.45) is 11.3 Å². The highest BCUT2D eigenvalue weighted by molar-refractivity contribution is 5.97. The molecule has 2 unspecified atom stereocenters. The summed E-state index contributed by atoms with van der Waals surface area (Å²) in [5.74, 6) is -1.70. The molecular weight excluding hydrogens is 274 g/mol. The first kappa shape index (κ1) is 16.1. The number of benzene rings is 1. The molecule has 0 bridgehead atoms. The Kier molecular flexibility index (Phi) is 4.77. The summed E-state index contributed by atoms with van der Waals surface area (Å²) in [5.41, 5.74) is 0.366. The average molecular weight is 296 g/mol. The maximum atomic E-state index is 13.1. The van der Waals surface area contributed by atoms with E-state index in [4.69, 9.17) is 4.74 Å². The van der Waals surface area contributed by atoms with Crippen LogP contribution in [0.5, 0.6) is 0 Å². The molecule has 0 N–H and O–H groups in total. The molecule has 21 heavy (non-hydrogen) atoms. The minimum atomic E-state index is -1.01. The number of Topliss-reactive ketones (excluding diaryl/α,β-unsaturated/α-hetero) is 1. The lowest BCUT2D eigenvalue weighted by Gasteiger charge is -2.38. The zero-order chi connectivity index (χ0) is 15.6. The monoisotopic (exact) mass is 296 g/mol. The zero-order valence-corrected chi connectivity index (χ0v) is 12.8. The second-order valence-corrected chi connectivity index (χ2v) is 6.90. The van der Waals surface area contributed by atoms with Gasteiger partial charge in [0.25, 0.3) is 0 Å². The number of carbonyl (C=O) groups is 1. The van der Waals surface area contributed by atoms with E-state index >= 15 is 0 Å². The molecule has 0 saturated heterocycles. The van der Waals surface area contributed by atoms with Crippen LogP contribution in [0.15, 0.2) is 18.2 Å². The summed E-state index contributed by atoms with van der Waals surface area (Å²) in [7, 11) is 0. The highest BCUT2D eigenvalue weighted by atomic mass is 19.2. The third-order valence-corrected chi connectivity index (χ3v) is 4.04. The normalized spacial score (nSPS) is 24.8. The second-order valence-electron chi connectivity index (χ2n) is 6.90. The number of hydrogen-bond acceptors (Lipinski definition) is 2. The summed E-state index contributed by atoms with van der Waals surface area (Å²) < 4.78 is 31.7. The van der Waals surface area contributed by atoms with Crippen LogP contribution in [0.4, 0.5) is 8.78 Å². The summed E-state index contributed by atoms with van der Waals surface area (Å²) in [6.45, 7) is 6.51. The van der Waals surface area contributed by atoms with E-state index in [9.17, 15) is 13.6 Å². The summed E-state index contributed by atoms with van der Waals surface area (Å²) in [6.07, 6.45) is 3.07. The van der Waals surface area contributed by atoms with Crippen LogP contribution in [-0.2, 0) is 4.74 Å². The first-order valence-corrected chi connectivity index (χ1v) is 7.37. The number of rotatable bonds is 4. The number of carbonyl (C=O) groups excluding carboxylic acids is 1. The van der Waals surface area contributed by atoms with Crippen LogP contribution in [-0.4, -0.2) is 18.5 Å².